The van der Waals surface area contributed by atoms with E-state index in [0.29, 0.717) is 6.04 Å². The molecule has 86 valence electrons. The Morgan fingerprint density at radius 3 is 2.53 bits per heavy atom. The van der Waals surface area contributed by atoms with Gasteiger partial charge in [0.2, 0.25) is 0 Å². The van der Waals surface area contributed by atoms with Gasteiger partial charge >= 0.3 is 0 Å². The van der Waals surface area contributed by atoms with Crippen LogP contribution in [0.25, 0.3) is 0 Å². The molecule has 2 atom stereocenters. The summed E-state index contributed by atoms with van der Waals surface area (Å²) in [7, 11) is 1.74. The number of rotatable bonds is 5. The second-order valence-electron chi connectivity index (χ2n) is 3.86. The van der Waals surface area contributed by atoms with Gasteiger partial charge in [0.25, 0.3) is 0 Å². The van der Waals surface area contributed by atoms with Gasteiger partial charge in [0, 0.05) is 24.6 Å². The first-order valence-corrected chi connectivity index (χ1v) is 6.06. The van der Waals surface area contributed by atoms with Crippen molar-refractivity contribution in [3.63, 3.8) is 0 Å². The molecule has 1 N–H and O–H groups in total. The number of nitrogens with zero attached hydrogens (tertiary/aromatic N) is 1. The number of hydrogen-bond acceptors (Lipinski definition) is 4. The molecule has 0 amide bonds. The highest BCUT2D eigenvalue weighted by atomic mass is 32.1. The topological polar surface area (TPSA) is 34.1 Å². The van der Waals surface area contributed by atoms with Crippen molar-refractivity contribution in [1.82, 2.24) is 10.3 Å². The van der Waals surface area contributed by atoms with Crippen LogP contribution in [0, 0.1) is 13.8 Å². The number of thiazole rings is 1. The summed E-state index contributed by atoms with van der Waals surface area (Å²) < 4.78 is 5.20. The molecule has 0 spiro atoms. The summed E-state index contributed by atoms with van der Waals surface area (Å²) in [4.78, 5) is 5.76. The van der Waals surface area contributed by atoms with Gasteiger partial charge < -0.3 is 10.1 Å². The quantitative estimate of drug-likeness (QED) is 0.840. The van der Waals surface area contributed by atoms with Crippen LogP contribution in [0.5, 0.6) is 0 Å². The highest BCUT2D eigenvalue weighted by Gasteiger charge is 2.13. The Kier molecular flexibility index (Phi) is 4.70. The van der Waals surface area contributed by atoms with Crippen molar-refractivity contribution < 1.29 is 4.74 Å². The predicted octanol–water partition coefficient (Wildman–Crippen LogP) is 2.45. The molecule has 1 aromatic heterocycles. The van der Waals surface area contributed by atoms with E-state index in [0.717, 1.165) is 17.2 Å². The maximum atomic E-state index is 5.20. The van der Waals surface area contributed by atoms with Crippen molar-refractivity contribution >= 4 is 11.3 Å². The van der Waals surface area contributed by atoms with Gasteiger partial charge in [-0.05, 0) is 27.7 Å². The molecule has 1 rings (SSSR count). The van der Waals surface area contributed by atoms with Gasteiger partial charge in [-0.15, -0.1) is 11.3 Å². The second kappa shape index (κ2) is 5.58. The number of aryl methyl sites for hydroxylation is 2. The predicted molar refractivity (Wildman–Crippen MR) is 64.5 cm³/mol. The summed E-state index contributed by atoms with van der Waals surface area (Å²) in [6, 6.07) is 0.355. The molecule has 0 fully saturated rings. The van der Waals surface area contributed by atoms with Crippen molar-refractivity contribution in [3.8, 4) is 0 Å². The SMILES string of the molecule is COC(C)CNC(C)c1sc(C)nc1C. The maximum absolute atomic E-state index is 5.20. The molecule has 15 heavy (non-hydrogen) atoms. The smallest absolute Gasteiger partial charge is 0.0900 e. The van der Waals surface area contributed by atoms with Gasteiger partial charge in [-0.25, -0.2) is 4.98 Å². The molecular weight excluding hydrogens is 208 g/mol. The second-order valence-corrected chi connectivity index (χ2v) is 5.09. The summed E-state index contributed by atoms with van der Waals surface area (Å²) in [5.41, 5.74) is 1.14. The molecule has 3 nitrogen and oxygen atoms in total. The first kappa shape index (κ1) is 12.6. The van der Waals surface area contributed by atoms with Gasteiger partial charge in [0.1, 0.15) is 0 Å². The van der Waals surface area contributed by atoms with Crippen molar-refractivity contribution in [2.45, 2.75) is 39.8 Å². The number of aromatic nitrogens is 1. The number of methoxy groups -OCH3 is 1. The average Bonchev–Trinajstić information content (AvgIpc) is 2.53. The Bertz CT molecular complexity index is 312. The summed E-state index contributed by atoms with van der Waals surface area (Å²) in [6.07, 6.45) is 0.252. The highest BCUT2D eigenvalue weighted by Crippen LogP contribution is 2.24. The Hall–Kier alpha value is -0.450. The molecule has 0 aliphatic carbocycles. The third kappa shape index (κ3) is 3.55. The van der Waals surface area contributed by atoms with E-state index < -0.39 is 0 Å². The number of ether oxygens (including phenoxy) is 1. The summed E-state index contributed by atoms with van der Waals surface area (Å²) >= 11 is 1.77. The Labute approximate surface area is 95.9 Å². The molecule has 0 aromatic carbocycles. The van der Waals surface area contributed by atoms with Crippen LogP contribution in [0.15, 0.2) is 0 Å². The lowest BCUT2D eigenvalue weighted by molar-refractivity contribution is 0.115. The van der Waals surface area contributed by atoms with E-state index in [2.05, 4.69) is 31.1 Å². The number of nitrogens with one attached hydrogen (secondary N) is 1. The Balaban J connectivity index is 2.53. The molecule has 0 saturated heterocycles. The number of hydrogen-bond donors (Lipinski definition) is 1. The van der Waals surface area contributed by atoms with Crippen LogP contribution in [-0.4, -0.2) is 24.7 Å². The van der Waals surface area contributed by atoms with Crippen LogP contribution in [-0.2, 0) is 4.74 Å². The van der Waals surface area contributed by atoms with Crippen molar-refractivity contribution in [2.24, 2.45) is 0 Å². The van der Waals surface area contributed by atoms with Gasteiger partial charge in [-0.2, -0.15) is 0 Å². The van der Waals surface area contributed by atoms with Gasteiger partial charge in [-0.3, -0.25) is 0 Å². The Morgan fingerprint density at radius 1 is 1.40 bits per heavy atom. The molecular formula is C11H20N2OS. The lowest BCUT2D eigenvalue weighted by Gasteiger charge is -2.16. The fourth-order valence-electron chi connectivity index (χ4n) is 1.47. The molecule has 0 bridgehead atoms. The summed E-state index contributed by atoms with van der Waals surface area (Å²) in [5, 5.41) is 4.58. The summed E-state index contributed by atoms with van der Waals surface area (Å²) in [5.74, 6) is 0. The van der Waals surface area contributed by atoms with E-state index in [-0.39, 0.29) is 6.10 Å². The van der Waals surface area contributed by atoms with E-state index in [1.807, 2.05) is 6.92 Å². The van der Waals surface area contributed by atoms with E-state index in [1.165, 1.54) is 4.88 Å². The van der Waals surface area contributed by atoms with Gasteiger partial charge in [0.15, 0.2) is 0 Å². The molecule has 0 aliphatic rings. The zero-order valence-electron chi connectivity index (χ0n) is 10.1. The molecule has 4 heteroatoms. The third-order valence-corrected chi connectivity index (χ3v) is 3.70. The minimum Gasteiger partial charge on any atom is -0.380 e. The van der Waals surface area contributed by atoms with Crippen LogP contribution in [0.1, 0.15) is 35.5 Å². The summed E-state index contributed by atoms with van der Waals surface area (Å²) in [6.45, 7) is 9.21. The molecule has 1 heterocycles. The lowest BCUT2D eigenvalue weighted by atomic mass is 10.2. The van der Waals surface area contributed by atoms with Gasteiger partial charge in [0.05, 0.1) is 16.8 Å². The monoisotopic (exact) mass is 228 g/mol. The van der Waals surface area contributed by atoms with Crippen LogP contribution < -0.4 is 5.32 Å². The fraction of sp³-hybridized carbons (Fsp3) is 0.727. The van der Waals surface area contributed by atoms with E-state index in [1.54, 1.807) is 18.4 Å². The van der Waals surface area contributed by atoms with Crippen LogP contribution in [0.2, 0.25) is 0 Å². The highest BCUT2D eigenvalue weighted by molar-refractivity contribution is 7.11. The van der Waals surface area contributed by atoms with E-state index in [9.17, 15) is 0 Å². The molecule has 1 aromatic rings. The van der Waals surface area contributed by atoms with E-state index >= 15 is 0 Å². The maximum Gasteiger partial charge on any atom is 0.0900 e. The minimum atomic E-state index is 0.252. The van der Waals surface area contributed by atoms with Crippen molar-refractivity contribution in [2.75, 3.05) is 13.7 Å². The zero-order valence-corrected chi connectivity index (χ0v) is 10.9. The molecule has 0 aliphatic heterocycles. The molecule has 0 saturated carbocycles. The fourth-order valence-corrected chi connectivity index (χ4v) is 2.42. The Morgan fingerprint density at radius 2 is 2.07 bits per heavy atom. The average molecular weight is 228 g/mol. The largest absolute Gasteiger partial charge is 0.380 e. The minimum absolute atomic E-state index is 0.252. The van der Waals surface area contributed by atoms with Crippen molar-refractivity contribution in [3.05, 3.63) is 15.6 Å². The van der Waals surface area contributed by atoms with Crippen LogP contribution >= 0.6 is 11.3 Å². The normalized spacial score (nSPS) is 15.3. The standard InChI is InChI=1S/C11H20N2OS/c1-7(14-5)6-12-8(2)11-9(3)13-10(4)15-11/h7-8,12H,6H2,1-5H3. The molecule has 0 radical (unpaired) electrons. The van der Waals surface area contributed by atoms with Crippen LogP contribution in [0.3, 0.4) is 0 Å². The first-order chi connectivity index (χ1) is 7.04. The van der Waals surface area contributed by atoms with E-state index in [4.69, 9.17) is 4.74 Å². The third-order valence-electron chi connectivity index (χ3n) is 2.45. The van der Waals surface area contributed by atoms with Gasteiger partial charge in [-0.1, -0.05) is 0 Å². The molecule has 2 unspecified atom stereocenters. The van der Waals surface area contributed by atoms with Crippen molar-refractivity contribution in [1.29, 1.82) is 0 Å². The zero-order chi connectivity index (χ0) is 11.4. The van der Waals surface area contributed by atoms with Crippen LogP contribution in [0.4, 0.5) is 0 Å². The first-order valence-electron chi connectivity index (χ1n) is 5.24. The lowest BCUT2D eigenvalue weighted by Crippen LogP contribution is -2.28.